The zero-order valence-corrected chi connectivity index (χ0v) is 23.7. The van der Waals surface area contributed by atoms with Gasteiger partial charge in [0, 0.05) is 43.8 Å². The van der Waals surface area contributed by atoms with Crippen LogP contribution in [-0.2, 0) is 21.2 Å². The number of ether oxygens (including phenoxy) is 1. The topological polar surface area (TPSA) is 62.2 Å². The van der Waals surface area contributed by atoms with Crippen molar-refractivity contribution >= 4 is 21.6 Å². The van der Waals surface area contributed by atoms with Gasteiger partial charge < -0.3 is 9.64 Å². The molecule has 0 saturated carbocycles. The van der Waals surface area contributed by atoms with Gasteiger partial charge in [-0.1, -0.05) is 37.3 Å². The van der Waals surface area contributed by atoms with Crippen LogP contribution in [0.5, 0.6) is 0 Å². The first kappa shape index (κ1) is 27.6. The van der Waals surface area contributed by atoms with Crippen LogP contribution >= 0.6 is 0 Å². The van der Waals surface area contributed by atoms with Crippen LogP contribution in [0, 0.1) is 5.82 Å². The van der Waals surface area contributed by atoms with E-state index in [4.69, 9.17) is 4.74 Å². The predicted octanol–water partition coefficient (Wildman–Crippen LogP) is 5.39. The molecule has 1 saturated heterocycles. The minimum absolute atomic E-state index is 0.141. The number of benzene rings is 2. The summed E-state index contributed by atoms with van der Waals surface area (Å²) < 4.78 is 50.9. The van der Waals surface area contributed by atoms with Gasteiger partial charge in [0.2, 0.25) is 5.90 Å². The fourth-order valence-electron chi connectivity index (χ4n) is 5.32. The molecule has 1 fully saturated rings. The molecular formula is C29H40FN3O3S. The molecular weight excluding hydrogens is 489 g/mol. The Morgan fingerprint density at radius 3 is 2.24 bits per heavy atom. The van der Waals surface area contributed by atoms with Crippen molar-refractivity contribution in [2.24, 2.45) is 4.40 Å². The van der Waals surface area contributed by atoms with Crippen LogP contribution in [0.3, 0.4) is 0 Å². The van der Waals surface area contributed by atoms with Crippen LogP contribution in [0.4, 0.5) is 10.1 Å². The van der Waals surface area contributed by atoms with E-state index in [1.54, 1.807) is 32.0 Å². The Balaban J connectivity index is 1.44. The SMILES string of the molecule is C[C@H](CC1=NS(=O)(=O)C(Cc2ccc(N3CCN(C(C)(C)C)CC3)cc2)C(C)(C)O1)c1ccccc1F. The molecule has 0 radical (unpaired) electrons. The highest BCUT2D eigenvalue weighted by atomic mass is 32.2. The number of piperazine rings is 1. The molecule has 2 atom stereocenters. The van der Waals surface area contributed by atoms with E-state index in [1.807, 2.05) is 19.1 Å². The summed E-state index contributed by atoms with van der Waals surface area (Å²) in [4.78, 5) is 4.88. The monoisotopic (exact) mass is 529 g/mol. The molecule has 0 aromatic heterocycles. The lowest BCUT2D eigenvalue weighted by atomic mass is 9.95. The first-order valence-electron chi connectivity index (χ1n) is 13.1. The molecule has 2 aromatic rings. The van der Waals surface area contributed by atoms with E-state index in [9.17, 15) is 12.8 Å². The molecule has 2 aliphatic rings. The standard InChI is InChI=1S/C29H40FN3O3S/c1-21(24-9-7-8-10-25(24)30)19-27-31-37(34,35)26(29(5,6)36-27)20-22-11-13-23(14-12-22)32-15-17-33(18-16-32)28(2,3)4/h7-14,21,26H,15-20H2,1-6H3/t21-,26?/m1/s1. The van der Waals surface area contributed by atoms with E-state index in [-0.39, 0.29) is 29.6 Å². The van der Waals surface area contributed by atoms with E-state index in [1.165, 1.54) is 6.07 Å². The second-order valence-electron chi connectivity index (χ2n) is 11.8. The van der Waals surface area contributed by atoms with Gasteiger partial charge in [-0.25, -0.2) is 12.8 Å². The third-order valence-corrected chi connectivity index (χ3v) is 9.52. The summed E-state index contributed by atoms with van der Waals surface area (Å²) in [5.41, 5.74) is 1.81. The molecule has 1 unspecified atom stereocenters. The largest absolute Gasteiger partial charge is 0.473 e. The number of hydrogen-bond acceptors (Lipinski definition) is 5. The first-order chi connectivity index (χ1) is 17.3. The zero-order chi connectivity index (χ0) is 27.0. The van der Waals surface area contributed by atoms with Gasteiger partial charge in [-0.05, 0) is 76.3 Å². The molecule has 0 amide bonds. The second-order valence-corrected chi connectivity index (χ2v) is 13.6. The smallest absolute Gasteiger partial charge is 0.263 e. The maximum Gasteiger partial charge on any atom is 0.263 e. The van der Waals surface area contributed by atoms with Gasteiger partial charge in [0.15, 0.2) is 0 Å². The number of hydrogen-bond donors (Lipinski definition) is 0. The van der Waals surface area contributed by atoms with Gasteiger partial charge in [-0.15, -0.1) is 4.40 Å². The molecule has 2 aromatic carbocycles. The van der Waals surface area contributed by atoms with E-state index in [2.05, 4.69) is 47.1 Å². The van der Waals surface area contributed by atoms with Crippen molar-refractivity contribution in [1.82, 2.24) is 4.90 Å². The average Bonchev–Trinajstić information content (AvgIpc) is 2.81. The lowest BCUT2D eigenvalue weighted by Gasteiger charge is -2.43. The number of anilines is 1. The number of halogens is 1. The fraction of sp³-hybridized carbons (Fsp3) is 0.552. The van der Waals surface area contributed by atoms with Crippen LogP contribution in [0.15, 0.2) is 52.9 Å². The van der Waals surface area contributed by atoms with Gasteiger partial charge in [0.1, 0.15) is 16.7 Å². The Morgan fingerprint density at radius 1 is 1.05 bits per heavy atom. The summed E-state index contributed by atoms with van der Waals surface area (Å²) in [7, 11) is -3.81. The highest BCUT2D eigenvalue weighted by Gasteiger charge is 2.46. The third-order valence-electron chi connectivity index (χ3n) is 7.61. The van der Waals surface area contributed by atoms with Gasteiger partial charge in [-0.2, -0.15) is 0 Å². The summed E-state index contributed by atoms with van der Waals surface area (Å²) in [6.07, 6.45) is 0.528. The summed E-state index contributed by atoms with van der Waals surface area (Å²) in [5.74, 6) is -0.437. The number of rotatable bonds is 6. The Labute approximate surface area is 221 Å². The van der Waals surface area contributed by atoms with E-state index in [0.29, 0.717) is 12.0 Å². The summed E-state index contributed by atoms with van der Waals surface area (Å²) in [5, 5.41) is -0.811. The predicted molar refractivity (Wildman–Crippen MR) is 148 cm³/mol. The first-order valence-corrected chi connectivity index (χ1v) is 14.6. The molecule has 0 spiro atoms. The number of sulfonamides is 1. The Hall–Kier alpha value is -2.45. The molecule has 202 valence electrons. The molecule has 4 rings (SSSR count). The van der Waals surface area contributed by atoms with Gasteiger partial charge in [0.25, 0.3) is 10.0 Å². The normalized spacial score (nSPS) is 22.7. The van der Waals surface area contributed by atoms with E-state index in [0.717, 1.165) is 37.4 Å². The lowest BCUT2D eigenvalue weighted by molar-refractivity contribution is 0.0803. The highest BCUT2D eigenvalue weighted by molar-refractivity contribution is 7.91. The Bertz CT molecular complexity index is 1230. The van der Waals surface area contributed by atoms with Crippen LogP contribution in [0.1, 0.15) is 65.0 Å². The Kier molecular flexibility index (Phi) is 7.73. The van der Waals surface area contributed by atoms with Crippen LogP contribution in [-0.4, -0.2) is 61.8 Å². The maximum absolute atomic E-state index is 14.2. The van der Waals surface area contributed by atoms with Crippen molar-refractivity contribution in [2.45, 2.75) is 76.7 Å². The van der Waals surface area contributed by atoms with Crippen molar-refractivity contribution in [3.05, 3.63) is 65.5 Å². The summed E-state index contributed by atoms with van der Waals surface area (Å²) in [6, 6.07) is 14.7. The fourth-order valence-corrected chi connectivity index (χ4v) is 7.01. The summed E-state index contributed by atoms with van der Waals surface area (Å²) in [6.45, 7) is 16.2. The molecule has 8 heteroatoms. The summed E-state index contributed by atoms with van der Waals surface area (Å²) >= 11 is 0. The van der Waals surface area contributed by atoms with E-state index < -0.39 is 20.9 Å². The van der Waals surface area contributed by atoms with Crippen molar-refractivity contribution in [3.63, 3.8) is 0 Å². The Morgan fingerprint density at radius 2 is 1.68 bits per heavy atom. The molecule has 0 aliphatic carbocycles. The zero-order valence-electron chi connectivity index (χ0n) is 22.9. The van der Waals surface area contributed by atoms with Crippen molar-refractivity contribution in [3.8, 4) is 0 Å². The van der Waals surface area contributed by atoms with Crippen LogP contribution in [0.25, 0.3) is 0 Å². The van der Waals surface area contributed by atoms with E-state index >= 15 is 0 Å². The van der Waals surface area contributed by atoms with Crippen molar-refractivity contribution in [1.29, 1.82) is 0 Å². The third kappa shape index (κ3) is 6.34. The number of nitrogens with zero attached hydrogens (tertiary/aromatic N) is 3. The van der Waals surface area contributed by atoms with Crippen LogP contribution in [0.2, 0.25) is 0 Å². The van der Waals surface area contributed by atoms with Crippen molar-refractivity contribution < 1.29 is 17.5 Å². The molecule has 2 heterocycles. The molecule has 2 aliphatic heterocycles. The minimum atomic E-state index is -3.81. The van der Waals surface area contributed by atoms with Gasteiger partial charge in [0.05, 0.1) is 0 Å². The average molecular weight is 530 g/mol. The molecule has 6 nitrogen and oxygen atoms in total. The molecule has 37 heavy (non-hydrogen) atoms. The van der Waals surface area contributed by atoms with Crippen LogP contribution < -0.4 is 4.90 Å². The highest BCUT2D eigenvalue weighted by Crippen LogP contribution is 2.34. The minimum Gasteiger partial charge on any atom is -0.473 e. The molecule has 0 N–H and O–H groups in total. The maximum atomic E-state index is 14.2. The quantitative estimate of drug-likeness (QED) is 0.502. The van der Waals surface area contributed by atoms with Gasteiger partial charge in [-0.3, -0.25) is 4.90 Å². The second kappa shape index (κ2) is 10.4. The molecule has 0 bridgehead atoms. The van der Waals surface area contributed by atoms with Gasteiger partial charge >= 0.3 is 0 Å². The van der Waals surface area contributed by atoms with Crippen molar-refractivity contribution in [2.75, 3.05) is 31.1 Å². The lowest BCUT2D eigenvalue weighted by Crippen LogP contribution is -2.53.